The lowest BCUT2D eigenvalue weighted by Gasteiger charge is -2.07. The summed E-state index contributed by atoms with van der Waals surface area (Å²) in [5.74, 6) is 0. The smallest absolute Gasteiger partial charge is 0.244 e. The van der Waals surface area contributed by atoms with Gasteiger partial charge in [-0.05, 0) is 26.0 Å². The molecule has 0 aliphatic rings. The van der Waals surface area contributed by atoms with Gasteiger partial charge < -0.3 is 5.73 Å². The minimum absolute atomic E-state index is 0.143. The summed E-state index contributed by atoms with van der Waals surface area (Å²) in [5, 5.41) is 4.22. The van der Waals surface area contributed by atoms with Crippen molar-refractivity contribution in [1.82, 2.24) is 19.5 Å². The van der Waals surface area contributed by atoms with Gasteiger partial charge in [-0.15, -0.1) is 0 Å². The predicted molar refractivity (Wildman–Crippen MR) is 79.0 cm³/mol. The zero-order valence-corrected chi connectivity index (χ0v) is 12.9. The molecule has 0 spiro atoms. The second-order valence-corrected chi connectivity index (χ2v) is 6.36. The molecule has 8 heteroatoms. The Morgan fingerprint density at radius 1 is 1.33 bits per heavy atom. The van der Waals surface area contributed by atoms with Crippen molar-refractivity contribution in [1.29, 1.82) is 0 Å². The van der Waals surface area contributed by atoms with Gasteiger partial charge in [-0.1, -0.05) is 6.07 Å². The van der Waals surface area contributed by atoms with Gasteiger partial charge in [0.15, 0.2) is 0 Å². The molecule has 0 saturated carbocycles. The number of aryl methyl sites for hydroxylation is 1. The molecule has 0 aromatic carbocycles. The highest BCUT2D eigenvalue weighted by atomic mass is 32.2. The fraction of sp³-hybridized carbons (Fsp3) is 0.385. The Labute approximate surface area is 124 Å². The molecule has 7 nitrogen and oxygen atoms in total. The Morgan fingerprint density at radius 3 is 2.71 bits per heavy atom. The number of nitrogens with one attached hydrogen (secondary N) is 1. The number of nitrogens with zero attached hydrogens (tertiary/aromatic N) is 3. The normalized spacial score (nSPS) is 11.8. The molecule has 0 atom stereocenters. The molecule has 0 radical (unpaired) electrons. The second kappa shape index (κ2) is 6.33. The van der Waals surface area contributed by atoms with E-state index in [4.69, 9.17) is 5.73 Å². The van der Waals surface area contributed by atoms with Gasteiger partial charge >= 0.3 is 0 Å². The maximum absolute atomic E-state index is 12.4. The van der Waals surface area contributed by atoms with Crippen molar-refractivity contribution in [3.05, 3.63) is 41.5 Å². The Balaban J connectivity index is 2.24. The second-order valence-electron chi connectivity index (χ2n) is 4.66. The maximum Gasteiger partial charge on any atom is 0.244 e. The highest BCUT2D eigenvalue weighted by Gasteiger charge is 2.24. The molecule has 0 aliphatic carbocycles. The molecule has 2 heterocycles. The number of sulfonamides is 1. The molecule has 3 N–H and O–H groups in total. The van der Waals surface area contributed by atoms with E-state index in [9.17, 15) is 8.42 Å². The lowest BCUT2D eigenvalue weighted by atomic mass is 10.4. The van der Waals surface area contributed by atoms with Crippen LogP contribution in [0.25, 0.3) is 0 Å². The van der Waals surface area contributed by atoms with E-state index in [0.717, 1.165) is 0 Å². The van der Waals surface area contributed by atoms with Gasteiger partial charge in [0.1, 0.15) is 4.90 Å². The Hall–Kier alpha value is -1.77. The van der Waals surface area contributed by atoms with E-state index in [2.05, 4.69) is 14.8 Å². The van der Waals surface area contributed by atoms with Crippen molar-refractivity contribution < 1.29 is 8.42 Å². The summed E-state index contributed by atoms with van der Waals surface area (Å²) < 4.78 is 29.1. The summed E-state index contributed by atoms with van der Waals surface area (Å²) in [7, 11) is -3.63. The Morgan fingerprint density at radius 2 is 2.10 bits per heavy atom. The van der Waals surface area contributed by atoms with Crippen LogP contribution in [-0.2, 0) is 23.1 Å². The predicted octanol–water partition coefficient (Wildman–Crippen LogP) is 0.332. The highest BCUT2D eigenvalue weighted by molar-refractivity contribution is 7.89. The fourth-order valence-corrected chi connectivity index (χ4v) is 3.56. The minimum Gasteiger partial charge on any atom is -0.329 e. The van der Waals surface area contributed by atoms with Crippen molar-refractivity contribution in [2.75, 3.05) is 6.54 Å². The SMILES string of the molecule is Cc1nn(CCN)c(C)c1S(=O)(=O)NCc1ccccn1. The average Bonchev–Trinajstić information content (AvgIpc) is 2.73. The molecule has 2 rings (SSSR count). The van der Waals surface area contributed by atoms with Crippen molar-refractivity contribution in [2.45, 2.75) is 31.8 Å². The largest absolute Gasteiger partial charge is 0.329 e. The standard InChI is InChI=1S/C13H19N5O2S/c1-10-13(11(2)18(17-10)8-6-14)21(19,20)16-9-12-5-3-4-7-15-12/h3-5,7,16H,6,8-9,14H2,1-2H3. The third kappa shape index (κ3) is 3.46. The first-order valence-electron chi connectivity index (χ1n) is 6.59. The van der Waals surface area contributed by atoms with Gasteiger partial charge in [0, 0.05) is 12.7 Å². The number of nitrogens with two attached hydrogens (primary N) is 1. The molecule has 21 heavy (non-hydrogen) atoms. The van der Waals surface area contributed by atoms with Crippen LogP contribution >= 0.6 is 0 Å². The topological polar surface area (TPSA) is 103 Å². The monoisotopic (exact) mass is 309 g/mol. The molecule has 0 fully saturated rings. The first-order chi connectivity index (χ1) is 9.95. The van der Waals surface area contributed by atoms with Crippen molar-refractivity contribution >= 4 is 10.0 Å². The summed E-state index contributed by atoms with van der Waals surface area (Å²) >= 11 is 0. The number of rotatable bonds is 6. The van der Waals surface area contributed by atoms with Crippen LogP contribution in [0.2, 0.25) is 0 Å². The van der Waals surface area contributed by atoms with Crippen LogP contribution in [0.5, 0.6) is 0 Å². The van der Waals surface area contributed by atoms with Crippen LogP contribution < -0.4 is 10.5 Å². The van der Waals surface area contributed by atoms with E-state index in [1.165, 1.54) is 0 Å². The highest BCUT2D eigenvalue weighted by Crippen LogP contribution is 2.19. The number of hydrogen-bond acceptors (Lipinski definition) is 5. The first kappa shape index (κ1) is 15.6. The van der Waals surface area contributed by atoms with Gasteiger partial charge in [0.25, 0.3) is 0 Å². The molecule has 2 aromatic heterocycles. The van der Waals surface area contributed by atoms with Gasteiger partial charge in [0.2, 0.25) is 10.0 Å². The average molecular weight is 309 g/mol. The minimum atomic E-state index is -3.63. The molecular formula is C13H19N5O2S. The van der Waals surface area contributed by atoms with Crippen LogP contribution in [0, 0.1) is 13.8 Å². The summed E-state index contributed by atoms with van der Waals surface area (Å²) in [4.78, 5) is 4.31. The van der Waals surface area contributed by atoms with E-state index < -0.39 is 10.0 Å². The van der Waals surface area contributed by atoms with Gasteiger partial charge in [-0.2, -0.15) is 5.10 Å². The zero-order chi connectivity index (χ0) is 15.5. The lowest BCUT2D eigenvalue weighted by molar-refractivity contribution is 0.576. The van der Waals surface area contributed by atoms with E-state index in [0.29, 0.717) is 30.2 Å². The van der Waals surface area contributed by atoms with E-state index in [1.807, 2.05) is 6.07 Å². The number of pyridine rings is 1. The summed E-state index contributed by atoms with van der Waals surface area (Å²) in [6, 6.07) is 5.36. The lowest BCUT2D eigenvalue weighted by Crippen LogP contribution is -2.25. The van der Waals surface area contributed by atoms with Crippen molar-refractivity contribution in [2.24, 2.45) is 5.73 Å². The summed E-state index contributed by atoms with van der Waals surface area (Å²) in [6.45, 7) is 4.44. The van der Waals surface area contributed by atoms with Crippen LogP contribution in [0.1, 0.15) is 17.1 Å². The van der Waals surface area contributed by atoms with Crippen molar-refractivity contribution in [3.63, 3.8) is 0 Å². The maximum atomic E-state index is 12.4. The van der Waals surface area contributed by atoms with Crippen LogP contribution in [0.4, 0.5) is 0 Å². The van der Waals surface area contributed by atoms with E-state index >= 15 is 0 Å². The molecule has 114 valence electrons. The van der Waals surface area contributed by atoms with Gasteiger partial charge in [-0.25, -0.2) is 13.1 Å². The first-order valence-corrected chi connectivity index (χ1v) is 8.07. The number of hydrogen-bond donors (Lipinski definition) is 2. The third-order valence-corrected chi connectivity index (χ3v) is 4.75. The van der Waals surface area contributed by atoms with E-state index in [-0.39, 0.29) is 11.4 Å². The molecule has 0 bridgehead atoms. The molecule has 0 saturated heterocycles. The van der Waals surface area contributed by atoms with Gasteiger partial charge in [-0.3, -0.25) is 9.67 Å². The molecule has 0 unspecified atom stereocenters. The van der Waals surface area contributed by atoms with Gasteiger partial charge in [0.05, 0.1) is 30.2 Å². The quantitative estimate of drug-likeness (QED) is 0.800. The molecular weight excluding hydrogens is 290 g/mol. The van der Waals surface area contributed by atoms with E-state index in [1.54, 1.807) is 36.9 Å². The molecule has 0 amide bonds. The van der Waals surface area contributed by atoms with Crippen LogP contribution in [0.3, 0.4) is 0 Å². The Bertz CT molecular complexity index is 710. The summed E-state index contributed by atoms with van der Waals surface area (Å²) in [5.41, 5.74) is 7.21. The zero-order valence-electron chi connectivity index (χ0n) is 12.1. The molecule has 0 aliphatic heterocycles. The third-order valence-electron chi connectivity index (χ3n) is 3.09. The number of aromatic nitrogens is 3. The van der Waals surface area contributed by atoms with Crippen LogP contribution in [0.15, 0.2) is 29.3 Å². The van der Waals surface area contributed by atoms with Crippen LogP contribution in [-0.4, -0.2) is 29.7 Å². The van der Waals surface area contributed by atoms with Crippen molar-refractivity contribution in [3.8, 4) is 0 Å². The fourth-order valence-electron chi connectivity index (χ4n) is 2.15. The Kier molecular flexibility index (Phi) is 4.71. The molecule has 2 aromatic rings. The summed E-state index contributed by atoms with van der Waals surface area (Å²) in [6.07, 6.45) is 1.62.